The van der Waals surface area contributed by atoms with Crippen molar-refractivity contribution in [1.29, 1.82) is 0 Å². The Bertz CT molecular complexity index is 1330. The van der Waals surface area contributed by atoms with E-state index in [-0.39, 0.29) is 22.9 Å². The Balaban J connectivity index is 1.81. The van der Waals surface area contributed by atoms with E-state index in [1.807, 2.05) is 0 Å². The Morgan fingerprint density at radius 3 is 2.47 bits per heavy atom. The first kappa shape index (κ1) is 19.9. The molecule has 1 amide bonds. The zero-order valence-corrected chi connectivity index (χ0v) is 15.8. The highest BCUT2D eigenvalue weighted by Crippen LogP contribution is 2.32. The lowest BCUT2D eigenvalue weighted by atomic mass is 10.1. The van der Waals surface area contributed by atoms with Crippen LogP contribution in [0.4, 0.5) is 13.2 Å². The fourth-order valence-electron chi connectivity index (χ4n) is 3.00. The van der Waals surface area contributed by atoms with Gasteiger partial charge in [0.25, 0.3) is 5.91 Å². The summed E-state index contributed by atoms with van der Waals surface area (Å²) in [5.74, 6) is -1.01. The van der Waals surface area contributed by atoms with E-state index in [1.165, 1.54) is 12.1 Å². The second-order valence-corrected chi connectivity index (χ2v) is 6.91. The SMILES string of the molecule is O=C(NCc1ccc(Cl)cc1)c1cc2c(=O)c3ccccc3oc2nc1C(F)(F)F. The fourth-order valence-corrected chi connectivity index (χ4v) is 3.12. The van der Waals surface area contributed by atoms with E-state index < -0.39 is 34.5 Å². The first-order valence-corrected chi connectivity index (χ1v) is 9.08. The molecule has 0 aliphatic rings. The van der Waals surface area contributed by atoms with Crippen LogP contribution in [0.3, 0.4) is 0 Å². The van der Waals surface area contributed by atoms with Gasteiger partial charge in [-0.25, -0.2) is 4.98 Å². The van der Waals surface area contributed by atoms with Crippen LogP contribution in [0.2, 0.25) is 5.02 Å². The van der Waals surface area contributed by atoms with Crippen molar-refractivity contribution in [2.45, 2.75) is 12.7 Å². The second-order valence-electron chi connectivity index (χ2n) is 6.47. The molecule has 2 aromatic carbocycles. The summed E-state index contributed by atoms with van der Waals surface area (Å²) in [5.41, 5.74) is -2.50. The lowest BCUT2D eigenvalue weighted by Gasteiger charge is -2.13. The van der Waals surface area contributed by atoms with Crippen LogP contribution in [0.1, 0.15) is 21.6 Å². The summed E-state index contributed by atoms with van der Waals surface area (Å²) in [7, 11) is 0. The third kappa shape index (κ3) is 3.73. The molecule has 1 N–H and O–H groups in total. The van der Waals surface area contributed by atoms with Crippen molar-refractivity contribution in [2.75, 3.05) is 0 Å². The predicted molar refractivity (Wildman–Crippen MR) is 105 cm³/mol. The van der Waals surface area contributed by atoms with Crippen LogP contribution in [-0.2, 0) is 12.7 Å². The Hall–Kier alpha value is -3.39. The number of carbonyl (C=O) groups excluding carboxylic acids is 1. The molecule has 0 aliphatic heterocycles. The molecule has 0 bridgehead atoms. The highest BCUT2D eigenvalue weighted by atomic mass is 35.5. The van der Waals surface area contributed by atoms with Crippen molar-refractivity contribution in [3.05, 3.63) is 86.7 Å². The number of benzene rings is 2. The van der Waals surface area contributed by atoms with Gasteiger partial charge in [0.1, 0.15) is 5.58 Å². The largest absolute Gasteiger partial charge is 0.437 e. The Labute approximate surface area is 172 Å². The van der Waals surface area contributed by atoms with Gasteiger partial charge in [-0.1, -0.05) is 35.9 Å². The summed E-state index contributed by atoms with van der Waals surface area (Å²) in [4.78, 5) is 28.7. The van der Waals surface area contributed by atoms with Crippen LogP contribution in [0, 0.1) is 0 Å². The molecule has 0 aliphatic carbocycles. The summed E-state index contributed by atoms with van der Waals surface area (Å²) in [6.07, 6.45) is -4.93. The highest BCUT2D eigenvalue weighted by molar-refractivity contribution is 6.30. The number of fused-ring (bicyclic) bond motifs is 2. The molecule has 0 atom stereocenters. The number of amides is 1. The van der Waals surface area contributed by atoms with Crippen LogP contribution in [0.15, 0.2) is 63.8 Å². The zero-order chi connectivity index (χ0) is 21.5. The third-order valence-corrected chi connectivity index (χ3v) is 4.70. The average Bonchev–Trinajstić information content (AvgIpc) is 2.72. The summed E-state index contributed by atoms with van der Waals surface area (Å²) >= 11 is 5.79. The number of nitrogens with one attached hydrogen (secondary N) is 1. The van der Waals surface area contributed by atoms with Crippen LogP contribution in [0.5, 0.6) is 0 Å². The molecule has 0 saturated carbocycles. The lowest BCUT2D eigenvalue weighted by molar-refractivity contribution is -0.141. The highest BCUT2D eigenvalue weighted by Gasteiger charge is 2.38. The summed E-state index contributed by atoms with van der Waals surface area (Å²) in [6.45, 7) is -0.0301. The van der Waals surface area contributed by atoms with Crippen molar-refractivity contribution in [3.63, 3.8) is 0 Å². The Kier molecular flexibility index (Phi) is 4.95. The summed E-state index contributed by atoms with van der Waals surface area (Å²) in [5, 5.41) is 2.87. The van der Waals surface area contributed by atoms with Crippen molar-refractivity contribution in [3.8, 4) is 0 Å². The lowest BCUT2D eigenvalue weighted by Crippen LogP contribution is -2.27. The van der Waals surface area contributed by atoms with Gasteiger partial charge in [0.15, 0.2) is 5.69 Å². The maximum Gasteiger partial charge on any atom is 0.434 e. The zero-order valence-electron chi connectivity index (χ0n) is 15.1. The molecule has 5 nitrogen and oxygen atoms in total. The van der Waals surface area contributed by atoms with Gasteiger partial charge in [-0.15, -0.1) is 0 Å². The molecule has 0 saturated heterocycles. The number of carbonyl (C=O) groups is 1. The van der Waals surface area contributed by atoms with Gasteiger partial charge in [0.2, 0.25) is 11.1 Å². The number of hydrogen-bond acceptors (Lipinski definition) is 4. The van der Waals surface area contributed by atoms with E-state index in [0.29, 0.717) is 10.6 Å². The maximum absolute atomic E-state index is 13.6. The molecule has 30 heavy (non-hydrogen) atoms. The van der Waals surface area contributed by atoms with E-state index in [0.717, 1.165) is 6.07 Å². The number of pyridine rings is 1. The molecule has 0 unspecified atom stereocenters. The quantitative estimate of drug-likeness (QED) is 0.465. The second kappa shape index (κ2) is 7.46. The molecule has 9 heteroatoms. The molecule has 2 aromatic heterocycles. The van der Waals surface area contributed by atoms with Gasteiger partial charge < -0.3 is 9.73 Å². The van der Waals surface area contributed by atoms with Gasteiger partial charge in [0.05, 0.1) is 16.3 Å². The molecule has 0 fully saturated rings. The first-order valence-electron chi connectivity index (χ1n) is 8.70. The van der Waals surface area contributed by atoms with E-state index in [2.05, 4.69) is 10.3 Å². The normalized spacial score (nSPS) is 11.7. The minimum absolute atomic E-state index is 0.0301. The van der Waals surface area contributed by atoms with E-state index >= 15 is 0 Å². The number of alkyl halides is 3. The van der Waals surface area contributed by atoms with E-state index in [1.54, 1.807) is 36.4 Å². The average molecular weight is 433 g/mol. The number of halogens is 4. The van der Waals surface area contributed by atoms with Gasteiger partial charge in [-0.2, -0.15) is 13.2 Å². The van der Waals surface area contributed by atoms with Crippen molar-refractivity contribution in [2.24, 2.45) is 0 Å². The summed E-state index contributed by atoms with van der Waals surface area (Å²) < 4.78 is 46.1. The monoisotopic (exact) mass is 432 g/mol. The number of rotatable bonds is 3. The van der Waals surface area contributed by atoms with Crippen LogP contribution in [-0.4, -0.2) is 10.9 Å². The van der Waals surface area contributed by atoms with E-state index in [4.69, 9.17) is 16.0 Å². The minimum atomic E-state index is -4.93. The number of nitrogens with zero attached hydrogens (tertiary/aromatic N) is 1. The molecule has 152 valence electrons. The van der Waals surface area contributed by atoms with Gasteiger partial charge in [-0.3, -0.25) is 9.59 Å². The predicted octanol–water partition coefficient (Wildman–Crippen LogP) is 4.94. The van der Waals surface area contributed by atoms with Crippen molar-refractivity contribution < 1.29 is 22.4 Å². The van der Waals surface area contributed by atoms with Crippen LogP contribution in [0.25, 0.3) is 22.1 Å². The molecule has 2 heterocycles. The number of hydrogen-bond donors (Lipinski definition) is 1. The fraction of sp³-hybridized carbons (Fsp3) is 0.0952. The number of aromatic nitrogens is 1. The number of para-hydroxylation sites is 1. The molecule has 4 aromatic rings. The Morgan fingerprint density at radius 2 is 1.77 bits per heavy atom. The summed E-state index contributed by atoms with van der Waals surface area (Å²) in [6, 6.07) is 13.5. The molecular weight excluding hydrogens is 421 g/mol. The molecule has 0 spiro atoms. The maximum atomic E-state index is 13.6. The van der Waals surface area contributed by atoms with Crippen molar-refractivity contribution >= 4 is 39.6 Å². The molecular formula is C21H12ClF3N2O3. The molecule has 4 rings (SSSR count). The third-order valence-electron chi connectivity index (χ3n) is 4.45. The first-order chi connectivity index (χ1) is 14.2. The van der Waals surface area contributed by atoms with Crippen LogP contribution < -0.4 is 10.7 Å². The minimum Gasteiger partial charge on any atom is -0.437 e. The van der Waals surface area contributed by atoms with Crippen LogP contribution >= 0.6 is 11.6 Å². The van der Waals surface area contributed by atoms with Gasteiger partial charge in [-0.05, 0) is 35.9 Å². The van der Waals surface area contributed by atoms with Gasteiger partial charge >= 0.3 is 6.18 Å². The smallest absolute Gasteiger partial charge is 0.434 e. The standard InChI is InChI=1S/C21H12ClF3N2O3/c22-12-7-5-11(6-8-12)10-26-19(29)15-9-14-17(28)13-3-1-2-4-16(13)30-20(14)27-18(15)21(23,24)25/h1-9H,10H2,(H,26,29). The van der Waals surface area contributed by atoms with Gasteiger partial charge in [0, 0.05) is 11.6 Å². The van der Waals surface area contributed by atoms with Crippen molar-refractivity contribution in [1.82, 2.24) is 10.3 Å². The topological polar surface area (TPSA) is 72.2 Å². The van der Waals surface area contributed by atoms with E-state index in [9.17, 15) is 22.8 Å². The molecule has 0 radical (unpaired) electrons. The Morgan fingerprint density at radius 1 is 1.07 bits per heavy atom.